The van der Waals surface area contributed by atoms with Gasteiger partial charge in [-0.3, -0.25) is 19.0 Å². The number of nitrogens with one attached hydrogen (secondary N) is 1. The summed E-state index contributed by atoms with van der Waals surface area (Å²) >= 11 is 1.04. The van der Waals surface area contributed by atoms with Gasteiger partial charge in [0.2, 0.25) is 5.91 Å². The van der Waals surface area contributed by atoms with Gasteiger partial charge in [-0.15, -0.1) is 11.3 Å². The van der Waals surface area contributed by atoms with Gasteiger partial charge in [0, 0.05) is 23.7 Å². The number of halogens is 1. The normalized spacial score (nSPS) is 10.5. The molecule has 0 fully saturated rings. The van der Waals surface area contributed by atoms with E-state index in [1.54, 1.807) is 17.5 Å². The van der Waals surface area contributed by atoms with E-state index in [2.05, 4.69) is 10.3 Å². The Morgan fingerprint density at radius 1 is 1.27 bits per heavy atom. The van der Waals surface area contributed by atoms with Crippen LogP contribution in [0.15, 0.2) is 52.8 Å². The van der Waals surface area contributed by atoms with Gasteiger partial charge in [0.1, 0.15) is 5.82 Å². The highest BCUT2D eigenvalue weighted by molar-refractivity contribution is 7.11. The summed E-state index contributed by atoms with van der Waals surface area (Å²) in [5.41, 5.74) is 5.51. The second-order valence-electron chi connectivity index (χ2n) is 5.31. The molecular formula is C17H13FN4O3S. The lowest BCUT2D eigenvalue weighted by atomic mass is 10.2. The van der Waals surface area contributed by atoms with Crippen molar-refractivity contribution in [2.75, 3.05) is 5.32 Å². The molecule has 0 bridgehead atoms. The van der Waals surface area contributed by atoms with E-state index >= 15 is 0 Å². The minimum atomic E-state index is -0.678. The third-order valence-corrected chi connectivity index (χ3v) is 4.34. The van der Waals surface area contributed by atoms with Crippen LogP contribution in [0.5, 0.6) is 0 Å². The molecule has 9 heteroatoms. The topological polar surface area (TPSA) is 107 Å². The maximum absolute atomic E-state index is 14.3. The van der Waals surface area contributed by atoms with Crippen molar-refractivity contribution in [2.24, 2.45) is 5.73 Å². The summed E-state index contributed by atoms with van der Waals surface area (Å²) in [5.74, 6) is -1.84. The number of rotatable bonds is 5. The molecule has 2 amide bonds. The van der Waals surface area contributed by atoms with Crippen molar-refractivity contribution in [3.8, 4) is 5.69 Å². The zero-order valence-corrected chi connectivity index (χ0v) is 14.1. The molecule has 0 aliphatic heterocycles. The van der Waals surface area contributed by atoms with E-state index in [0.717, 1.165) is 17.4 Å². The Balaban J connectivity index is 1.73. The van der Waals surface area contributed by atoms with Crippen LogP contribution in [0.3, 0.4) is 0 Å². The summed E-state index contributed by atoms with van der Waals surface area (Å²) in [6.45, 7) is 0. The molecule has 3 aromatic rings. The SMILES string of the molecule is NC(=O)c1nc(CC(=O)Nc2ccc(-n3ccccc3=O)cc2F)cs1. The van der Waals surface area contributed by atoms with E-state index in [-0.39, 0.29) is 22.7 Å². The highest BCUT2D eigenvalue weighted by Crippen LogP contribution is 2.18. The number of hydrogen-bond donors (Lipinski definition) is 2. The summed E-state index contributed by atoms with van der Waals surface area (Å²) in [4.78, 5) is 38.7. The summed E-state index contributed by atoms with van der Waals surface area (Å²) < 4.78 is 15.6. The predicted octanol–water partition coefficient (Wildman–Crippen LogP) is 1.71. The van der Waals surface area contributed by atoms with Crippen molar-refractivity contribution in [2.45, 2.75) is 6.42 Å². The van der Waals surface area contributed by atoms with E-state index in [0.29, 0.717) is 11.4 Å². The quantitative estimate of drug-likeness (QED) is 0.711. The van der Waals surface area contributed by atoms with Gasteiger partial charge in [0.05, 0.1) is 23.5 Å². The van der Waals surface area contributed by atoms with Crippen molar-refractivity contribution < 1.29 is 14.0 Å². The number of hydrogen-bond acceptors (Lipinski definition) is 5. The van der Waals surface area contributed by atoms with Crippen LogP contribution >= 0.6 is 11.3 Å². The van der Waals surface area contributed by atoms with Gasteiger partial charge < -0.3 is 11.1 Å². The smallest absolute Gasteiger partial charge is 0.277 e. The zero-order chi connectivity index (χ0) is 18.7. The fraction of sp³-hybridized carbons (Fsp3) is 0.0588. The first kappa shape index (κ1) is 17.5. The van der Waals surface area contributed by atoms with Crippen LogP contribution < -0.4 is 16.6 Å². The van der Waals surface area contributed by atoms with Gasteiger partial charge in [0.25, 0.3) is 11.5 Å². The minimum Gasteiger partial charge on any atom is -0.364 e. The Morgan fingerprint density at radius 2 is 2.08 bits per heavy atom. The van der Waals surface area contributed by atoms with E-state index < -0.39 is 17.6 Å². The summed E-state index contributed by atoms with van der Waals surface area (Å²) in [5, 5.41) is 4.09. The fourth-order valence-corrected chi connectivity index (χ4v) is 2.93. The van der Waals surface area contributed by atoms with Crippen LogP contribution in [-0.2, 0) is 11.2 Å². The molecule has 3 N–H and O–H groups in total. The molecule has 7 nitrogen and oxygen atoms in total. The third kappa shape index (κ3) is 3.83. The molecule has 2 heterocycles. The predicted molar refractivity (Wildman–Crippen MR) is 95.0 cm³/mol. The molecule has 0 aliphatic rings. The minimum absolute atomic E-state index is 0.0203. The summed E-state index contributed by atoms with van der Waals surface area (Å²) in [6.07, 6.45) is 1.40. The van der Waals surface area contributed by atoms with Crippen molar-refractivity contribution in [3.05, 3.63) is 74.8 Å². The van der Waals surface area contributed by atoms with Crippen LogP contribution in [0.25, 0.3) is 5.69 Å². The second-order valence-corrected chi connectivity index (χ2v) is 6.16. The number of aromatic nitrogens is 2. The van der Waals surface area contributed by atoms with Crippen molar-refractivity contribution in [3.63, 3.8) is 0 Å². The van der Waals surface area contributed by atoms with E-state index in [1.807, 2.05) is 0 Å². The number of anilines is 1. The number of nitrogens with zero attached hydrogens (tertiary/aromatic N) is 2. The lowest BCUT2D eigenvalue weighted by Gasteiger charge is -2.09. The molecule has 0 spiro atoms. The maximum Gasteiger partial charge on any atom is 0.277 e. The number of benzene rings is 1. The Hall–Kier alpha value is -3.33. The third-order valence-electron chi connectivity index (χ3n) is 3.43. The van der Waals surface area contributed by atoms with Gasteiger partial charge in [-0.25, -0.2) is 9.37 Å². The standard InChI is InChI=1S/C17H13FN4O3S/c18-12-8-11(22-6-2-1-3-15(22)24)4-5-13(12)21-14(23)7-10-9-26-17(20-10)16(19)25/h1-6,8-9H,7H2,(H2,19,25)(H,21,23). The number of pyridine rings is 1. The molecule has 0 saturated heterocycles. The molecule has 26 heavy (non-hydrogen) atoms. The highest BCUT2D eigenvalue weighted by atomic mass is 32.1. The number of nitrogens with two attached hydrogens (primary N) is 1. The van der Waals surface area contributed by atoms with Crippen LogP contribution in [-0.4, -0.2) is 21.4 Å². The van der Waals surface area contributed by atoms with E-state index in [1.165, 1.54) is 29.0 Å². The second kappa shape index (κ2) is 7.28. The van der Waals surface area contributed by atoms with Crippen molar-refractivity contribution in [1.82, 2.24) is 9.55 Å². The first-order chi connectivity index (χ1) is 12.4. The lowest BCUT2D eigenvalue weighted by Crippen LogP contribution is -2.18. The van der Waals surface area contributed by atoms with E-state index in [9.17, 15) is 18.8 Å². The van der Waals surface area contributed by atoms with Gasteiger partial charge in [-0.05, 0) is 18.2 Å². The molecule has 0 atom stereocenters. The number of thiazole rings is 1. The molecule has 0 saturated carbocycles. The zero-order valence-electron chi connectivity index (χ0n) is 13.3. The average Bonchev–Trinajstić information content (AvgIpc) is 3.06. The van der Waals surface area contributed by atoms with Crippen LogP contribution in [0.2, 0.25) is 0 Å². The number of primary amides is 1. The van der Waals surface area contributed by atoms with Gasteiger partial charge in [0.15, 0.2) is 5.01 Å². The molecule has 0 radical (unpaired) electrons. The molecule has 1 aromatic carbocycles. The average molecular weight is 372 g/mol. The Kier molecular flexibility index (Phi) is 4.90. The largest absolute Gasteiger partial charge is 0.364 e. The van der Waals surface area contributed by atoms with Crippen LogP contribution in [0.4, 0.5) is 10.1 Å². The first-order valence-corrected chi connectivity index (χ1v) is 8.33. The molecule has 3 rings (SSSR count). The van der Waals surface area contributed by atoms with Crippen molar-refractivity contribution in [1.29, 1.82) is 0 Å². The highest BCUT2D eigenvalue weighted by Gasteiger charge is 2.13. The number of carbonyl (C=O) groups excluding carboxylic acids is 2. The molecule has 0 unspecified atom stereocenters. The lowest BCUT2D eigenvalue weighted by molar-refractivity contribution is -0.115. The molecule has 0 aliphatic carbocycles. The number of carbonyl (C=O) groups is 2. The van der Waals surface area contributed by atoms with Gasteiger partial charge in [-0.2, -0.15) is 0 Å². The Labute approximate surface area is 150 Å². The van der Waals surface area contributed by atoms with E-state index in [4.69, 9.17) is 5.73 Å². The van der Waals surface area contributed by atoms with Gasteiger partial charge >= 0.3 is 0 Å². The van der Waals surface area contributed by atoms with Crippen LogP contribution in [0.1, 0.15) is 15.5 Å². The molecule has 132 valence electrons. The summed E-state index contributed by atoms with van der Waals surface area (Å²) in [7, 11) is 0. The molecular weight excluding hydrogens is 359 g/mol. The van der Waals surface area contributed by atoms with Gasteiger partial charge in [-0.1, -0.05) is 6.07 Å². The van der Waals surface area contributed by atoms with Crippen LogP contribution in [0, 0.1) is 5.82 Å². The Morgan fingerprint density at radius 3 is 2.73 bits per heavy atom. The fourth-order valence-electron chi connectivity index (χ4n) is 2.26. The maximum atomic E-state index is 14.3. The molecule has 2 aromatic heterocycles. The summed E-state index contributed by atoms with van der Waals surface area (Å²) in [6, 6.07) is 8.66. The monoisotopic (exact) mass is 372 g/mol. The first-order valence-electron chi connectivity index (χ1n) is 7.45. The number of amides is 2. The van der Waals surface area contributed by atoms with Crippen molar-refractivity contribution >= 4 is 28.8 Å². The Bertz CT molecular complexity index is 1040.